The maximum Gasteiger partial charge on any atom is 0.345 e. The molecule has 1 saturated carbocycles. The second-order valence-electron chi connectivity index (χ2n) is 3.80. The minimum Gasteiger partial charge on any atom is -0.477 e. The molecule has 0 amide bonds. The fourth-order valence-corrected chi connectivity index (χ4v) is 2.22. The number of aromatic carboxylic acids is 1. The molecule has 1 heterocycles. The third kappa shape index (κ3) is 2.07. The van der Waals surface area contributed by atoms with Crippen LogP contribution in [0, 0.1) is 5.92 Å². The fourth-order valence-electron chi connectivity index (χ4n) is 1.43. The third-order valence-electron chi connectivity index (χ3n) is 2.47. The van der Waals surface area contributed by atoms with Gasteiger partial charge < -0.3 is 10.0 Å². The van der Waals surface area contributed by atoms with E-state index in [1.165, 1.54) is 24.2 Å². The highest BCUT2D eigenvalue weighted by molar-refractivity contribution is 7.12. The Morgan fingerprint density at radius 3 is 2.93 bits per heavy atom. The predicted molar refractivity (Wildman–Crippen MR) is 57.3 cm³/mol. The Kier molecular flexibility index (Phi) is 2.46. The Morgan fingerprint density at radius 2 is 2.43 bits per heavy atom. The van der Waals surface area contributed by atoms with Gasteiger partial charge in [0.15, 0.2) is 0 Å². The van der Waals surface area contributed by atoms with E-state index in [-0.39, 0.29) is 0 Å². The lowest BCUT2D eigenvalue weighted by Gasteiger charge is -2.16. The summed E-state index contributed by atoms with van der Waals surface area (Å²) in [7, 11) is 2.02. The van der Waals surface area contributed by atoms with Gasteiger partial charge in [-0.05, 0) is 24.8 Å². The van der Waals surface area contributed by atoms with Gasteiger partial charge in [0, 0.05) is 24.7 Å². The van der Waals surface area contributed by atoms with E-state index in [1.54, 1.807) is 6.07 Å². The summed E-state index contributed by atoms with van der Waals surface area (Å²) < 4.78 is 0. The van der Waals surface area contributed by atoms with Crippen molar-refractivity contribution >= 4 is 23.0 Å². The smallest absolute Gasteiger partial charge is 0.345 e. The molecule has 0 saturated heterocycles. The molecule has 0 aliphatic heterocycles. The lowest BCUT2D eigenvalue weighted by Crippen LogP contribution is -2.19. The molecule has 3 nitrogen and oxygen atoms in total. The van der Waals surface area contributed by atoms with E-state index in [0.29, 0.717) is 4.88 Å². The molecule has 0 radical (unpaired) electrons. The van der Waals surface area contributed by atoms with Gasteiger partial charge in [-0.1, -0.05) is 0 Å². The number of carboxylic acid groups (broad SMARTS) is 1. The zero-order valence-corrected chi connectivity index (χ0v) is 8.88. The van der Waals surface area contributed by atoms with Crippen molar-refractivity contribution < 1.29 is 9.90 Å². The summed E-state index contributed by atoms with van der Waals surface area (Å²) in [4.78, 5) is 13.2. The van der Waals surface area contributed by atoms with Crippen LogP contribution in [-0.4, -0.2) is 24.7 Å². The summed E-state index contributed by atoms with van der Waals surface area (Å²) >= 11 is 1.29. The number of carbonyl (C=O) groups is 1. The molecule has 2 rings (SSSR count). The highest BCUT2D eigenvalue weighted by Crippen LogP contribution is 2.32. The topological polar surface area (TPSA) is 40.5 Å². The van der Waals surface area contributed by atoms with Crippen molar-refractivity contribution in [1.82, 2.24) is 0 Å². The molecule has 1 N–H and O–H groups in total. The van der Waals surface area contributed by atoms with Crippen molar-refractivity contribution in [2.24, 2.45) is 5.92 Å². The number of hydrogen-bond donors (Lipinski definition) is 1. The van der Waals surface area contributed by atoms with Gasteiger partial charge in [-0.25, -0.2) is 4.79 Å². The molecule has 0 unspecified atom stereocenters. The molecular formula is C10H13NO2S. The monoisotopic (exact) mass is 211 g/mol. The maximum atomic E-state index is 10.7. The van der Waals surface area contributed by atoms with Gasteiger partial charge in [-0.3, -0.25) is 0 Å². The van der Waals surface area contributed by atoms with E-state index in [2.05, 4.69) is 4.90 Å². The SMILES string of the molecule is CN(CC1CC1)c1csc(C(=O)O)c1. The Bertz CT molecular complexity index is 344. The summed E-state index contributed by atoms with van der Waals surface area (Å²) in [6.07, 6.45) is 2.64. The second kappa shape index (κ2) is 3.61. The molecule has 1 aromatic heterocycles. The minimum absolute atomic E-state index is 0.419. The number of anilines is 1. The lowest BCUT2D eigenvalue weighted by molar-refractivity contribution is 0.0702. The van der Waals surface area contributed by atoms with Crippen LogP contribution >= 0.6 is 11.3 Å². The first-order valence-corrected chi connectivity index (χ1v) is 5.58. The van der Waals surface area contributed by atoms with Gasteiger partial charge in [0.2, 0.25) is 0 Å². The van der Waals surface area contributed by atoms with Crippen LogP contribution in [0.2, 0.25) is 0 Å². The minimum atomic E-state index is -0.832. The first-order chi connectivity index (χ1) is 6.66. The zero-order valence-electron chi connectivity index (χ0n) is 8.06. The van der Waals surface area contributed by atoms with E-state index in [1.807, 2.05) is 12.4 Å². The largest absolute Gasteiger partial charge is 0.477 e. The summed E-state index contributed by atoms with van der Waals surface area (Å²) in [5.74, 6) is -0.00532. The van der Waals surface area contributed by atoms with Crippen LogP contribution in [0.1, 0.15) is 22.5 Å². The molecule has 0 spiro atoms. The van der Waals surface area contributed by atoms with Crippen molar-refractivity contribution in [3.05, 3.63) is 16.3 Å². The first-order valence-electron chi connectivity index (χ1n) is 4.70. The van der Waals surface area contributed by atoms with Crippen molar-refractivity contribution in [2.45, 2.75) is 12.8 Å². The molecule has 14 heavy (non-hydrogen) atoms. The Labute approximate surface area is 87.0 Å². The molecule has 1 aliphatic carbocycles. The summed E-state index contributed by atoms with van der Waals surface area (Å²) in [5.41, 5.74) is 1.03. The Morgan fingerprint density at radius 1 is 1.71 bits per heavy atom. The van der Waals surface area contributed by atoms with Gasteiger partial charge in [0.1, 0.15) is 4.88 Å². The molecule has 1 aliphatic rings. The average Bonchev–Trinajstić information content (AvgIpc) is 2.81. The quantitative estimate of drug-likeness (QED) is 0.830. The van der Waals surface area contributed by atoms with Gasteiger partial charge >= 0.3 is 5.97 Å². The standard InChI is InChI=1S/C10H13NO2S/c1-11(5-7-2-3-7)8-4-9(10(12)13)14-6-8/h4,6-7H,2-3,5H2,1H3,(H,12,13). The summed E-state index contributed by atoms with van der Waals surface area (Å²) in [6.45, 7) is 1.05. The van der Waals surface area contributed by atoms with Crippen LogP contribution < -0.4 is 4.90 Å². The second-order valence-corrected chi connectivity index (χ2v) is 4.71. The van der Waals surface area contributed by atoms with E-state index in [0.717, 1.165) is 18.2 Å². The van der Waals surface area contributed by atoms with Crippen molar-refractivity contribution in [1.29, 1.82) is 0 Å². The lowest BCUT2D eigenvalue weighted by atomic mass is 10.3. The van der Waals surface area contributed by atoms with Crippen molar-refractivity contribution in [3.63, 3.8) is 0 Å². The zero-order chi connectivity index (χ0) is 10.1. The van der Waals surface area contributed by atoms with Gasteiger partial charge in [0.25, 0.3) is 0 Å². The fraction of sp³-hybridized carbons (Fsp3) is 0.500. The number of thiophene rings is 1. The molecule has 1 aromatic rings. The number of rotatable bonds is 4. The molecule has 0 aromatic carbocycles. The highest BCUT2D eigenvalue weighted by Gasteiger charge is 2.23. The van der Waals surface area contributed by atoms with Crippen molar-refractivity contribution in [3.8, 4) is 0 Å². The molecule has 0 bridgehead atoms. The molecule has 1 fully saturated rings. The average molecular weight is 211 g/mol. The molecule has 0 atom stereocenters. The van der Waals surface area contributed by atoms with Crippen LogP contribution in [-0.2, 0) is 0 Å². The molecule has 76 valence electrons. The molecule has 4 heteroatoms. The summed E-state index contributed by atoms with van der Waals surface area (Å²) in [6, 6.07) is 1.75. The van der Waals surface area contributed by atoms with Crippen LogP contribution in [0.25, 0.3) is 0 Å². The normalized spacial score (nSPS) is 15.5. The van der Waals surface area contributed by atoms with Crippen LogP contribution in [0.5, 0.6) is 0 Å². The van der Waals surface area contributed by atoms with Crippen molar-refractivity contribution in [2.75, 3.05) is 18.5 Å². The number of nitrogens with zero attached hydrogens (tertiary/aromatic N) is 1. The predicted octanol–water partition coefficient (Wildman–Crippen LogP) is 2.29. The number of carboxylic acids is 1. The van der Waals surface area contributed by atoms with E-state index >= 15 is 0 Å². The van der Waals surface area contributed by atoms with E-state index in [4.69, 9.17) is 5.11 Å². The Balaban J connectivity index is 2.03. The van der Waals surface area contributed by atoms with Gasteiger partial charge in [-0.2, -0.15) is 0 Å². The highest BCUT2D eigenvalue weighted by atomic mass is 32.1. The van der Waals surface area contributed by atoms with Gasteiger partial charge in [0.05, 0.1) is 0 Å². The van der Waals surface area contributed by atoms with Crippen LogP contribution in [0.4, 0.5) is 5.69 Å². The summed E-state index contributed by atoms with van der Waals surface area (Å²) in [5, 5.41) is 10.7. The van der Waals surface area contributed by atoms with Gasteiger partial charge in [-0.15, -0.1) is 11.3 Å². The number of hydrogen-bond acceptors (Lipinski definition) is 3. The van der Waals surface area contributed by atoms with E-state index < -0.39 is 5.97 Å². The van der Waals surface area contributed by atoms with Crippen LogP contribution in [0.3, 0.4) is 0 Å². The molecular weight excluding hydrogens is 198 g/mol. The third-order valence-corrected chi connectivity index (χ3v) is 3.37. The van der Waals surface area contributed by atoms with E-state index in [9.17, 15) is 4.79 Å². The first kappa shape index (κ1) is 9.52. The maximum absolute atomic E-state index is 10.7. The van der Waals surface area contributed by atoms with Crippen LogP contribution in [0.15, 0.2) is 11.4 Å². The Hall–Kier alpha value is -1.03.